The number of aromatic amines is 2. The van der Waals surface area contributed by atoms with Gasteiger partial charge in [0.25, 0.3) is 0 Å². The molecule has 0 spiro atoms. The monoisotopic (exact) mass is 1040 g/mol. The fourth-order valence-electron chi connectivity index (χ4n) is 9.63. The minimum Gasteiger partial charge on any atom is -0.390 e. The van der Waals surface area contributed by atoms with Gasteiger partial charge in [-0.05, 0) is 60.3 Å². The standard InChI is InChI=1S/C56H73N11O9/c1-33(2)23-42(49(69)29-50(70)62-44(24-34(3)4)52(72)64-43(51(57)71)25-36-15-8-6-9-16-36)63-54(74)46(28-39-31-58-32-60-39)65-53(73)45(26-37-17-10-7-11-18-37)66-55(75)48-21-14-22-67(48)56(76)47(61-35(5)68)27-38-30-59-41-20-13-12-19-40(38)41/h6-13,15-20,30-34,42-49,59,69H,14,21-29H2,1-5H3,(H2,57,71)(H,58,60)(H,61,68)(H,62,70)(H,63,74)(H,64,72)(H,65,73)(H,66,75)/t42-,43-,44-,45-,46-,47-,48-,49-/m0/s1. The van der Waals surface area contributed by atoms with Crippen LogP contribution >= 0.6 is 0 Å². The van der Waals surface area contributed by atoms with E-state index in [4.69, 9.17) is 5.73 Å². The molecule has 3 heterocycles. The first-order valence-electron chi connectivity index (χ1n) is 26.0. The van der Waals surface area contributed by atoms with Gasteiger partial charge in [0, 0.05) is 68.1 Å². The Balaban J connectivity index is 1.16. The van der Waals surface area contributed by atoms with Crippen molar-refractivity contribution in [2.75, 3.05) is 6.54 Å². The van der Waals surface area contributed by atoms with Crippen LogP contribution in [0.5, 0.6) is 0 Å². The molecule has 406 valence electrons. The molecule has 1 fully saturated rings. The molecule has 6 rings (SSSR count). The maximum atomic E-state index is 14.6. The summed E-state index contributed by atoms with van der Waals surface area (Å²) in [6.45, 7) is 9.07. The molecule has 0 radical (unpaired) electrons. The predicted octanol–water partition coefficient (Wildman–Crippen LogP) is 2.41. The highest BCUT2D eigenvalue weighted by Gasteiger charge is 2.40. The number of hydrogen-bond donors (Lipinski definition) is 10. The predicted molar refractivity (Wildman–Crippen MR) is 285 cm³/mol. The number of fused-ring (bicyclic) bond motifs is 1. The first kappa shape index (κ1) is 57.4. The zero-order valence-electron chi connectivity index (χ0n) is 43.8. The van der Waals surface area contributed by atoms with Gasteiger partial charge in [0.05, 0.1) is 24.9 Å². The third-order valence-corrected chi connectivity index (χ3v) is 13.4. The van der Waals surface area contributed by atoms with Crippen LogP contribution in [0.25, 0.3) is 10.9 Å². The molecule has 0 bridgehead atoms. The highest BCUT2D eigenvalue weighted by Crippen LogP contribution is 2.24. The number of aromatic nitrogens is 3. The van der Waals surface area contributed by atoms with E-state index in [9.17, 15) is 43.5 Å². The number of rotatable bonds is 27. The Hall–Kier alpha value is -7.87. The minimum absolute atomic E-state index is 0.0163. The van der Waals surface area contributed by atoms with Gasteiger partial charge in [-0.2, -0.15) is 0 Å². The molecular formula is C56H73N11O9. The van der Waals surface area contributed by atoms with Gasteiger partial charge in [-0.1, -0.05) is 107 Å². The Morgan fingerprint density at radius 1 is 0.671 bits per heavy atom. The summed E-state index contributed by atoms with van der Waals surface area (Å²) < 4.78 is 0. The number of nitrogens with two attached hydrogens (primary N) is 1. The molecular weight excluding hydrogens is 971 g/mol. The molecule has 20 heteroatoms. The third kappa shape index (κ3) is 16.8. The molecule has 3 aromatic carbocycles. The number of benzene rings is 3. The fraction of sp³-hybridized carbons (Fsp3) is 0.446. The number of amides is 8. The van der Waals surface area contributed by atoms with Crippen molar-refractivity contribution in [3.8, 4) is 0 Å². The van der Waals surface area contributed by atoms with Gasteiger partial charge < -0.3 is 57.6 Å². The van der Waals surface area contributed by atoms with Gasteiger partial charge in [0.2, 0.25) is 47.3 Å². The molecule has 1 aliphatic rings. The topological polar surface area (TPSA) is 303 Å². The van der Waals surface area contributed by atoms with Gasteiger partial charge in [0.1, 0.15) is 36.3 Å². The van der Waals surface area contributed by atoms with E-state index in [1.165, 1.54) is 24.3 Å². The summed E-state index contributed by atoms with van der Waals surface area (Å²) in [5.74, 6) is -5.04. The number of primary amides is 1. The Morgan fingerprint density at radius 2 is 1.26 bits per heavy atom. The van der Waals surface area contributed by atoms with Gasteiger partial charge in [-0.3, -0.25) is 38.4 Å². The molecule has 0 unspecified atom stereocenters. The smallest absolute Gasteiger partial charge is 0.246 e. The summed E-state index contributed by atoms with van der Waals surface area (Å²) in [6, 6.07) is 18.0. The Bertz CT molecular complexity index is 2750. The molecule has 1 saturated heterocycles. The molecule has 11 N–H and O–H groups in total. The van der Waals surface area contributed by atoms with Crippen LogP contribution in [0, 0.1) is 11.8 Å². The second-order valence-electron chi connectivity index (χ2n) is 20.5. The van der Waals surface area contributed by atoms with Gasteiger partial charge in [-0.25, -0.2) is 4.98 Å². The fourth-order valence-corrected chi connectivity index (χ4v) is 9.63. The zero-order chi connectivity index (χ0) is 54.9. The SMILES string of the molecule is CC(=O)N[C@@H](Cc1c[nH]c2ccccc12)C(=O)N1CCC[C@H]1C(=O)N[C@@H](Cc1ccccc1)C(=O)N[C@@H](Cc1cnc[nH]1)C(=O)N[C@@H](CC(C)C)[C@@H](O)CC(=O)N[C@@H](CC(C)C)C(=O)N[C@@H](Cc1ccccc1)C(N)=O. The third-order valence-electron chi connectivity index (χ3n) is 13.4. The lowest BCUT2D eigenvalue weighted by molar-refractivity contribution is -0.142. The van der Waals surface area contributed by atoms with Crippen LogP contribution in [-0.4, -0.2) is 127 Å². The van der Waals surface area contributed by atoms with Crippen molar-refractivity contribution in [2.24, 2.45) is 17.6 Å². The number of hydrogen-bond acceptors (Lipinski definition) is 10. The van der Waals surface area contributed by atoms with Crippen LogP contribution in [0.15, 0.2) is 104 Å². The lowest BCUT2D eigenvalue weighted by Gasteiger charge is -2.31. The molecule has 1 aliphatic heterocycles. The number of H-pyrrole nitrogens is 2. The lowest BCUT2D eigenvalue weighted by atomic mass is 9.95. The number of aliphatic hydroxyl groups excluding tert-OH is 1. The summed E-state index contributed by atoms with van der Waals surface area (Å²) in [5, 5.41) is 29.3. The van der Waals surface area contributed by atoms with Gasteiger partial charge >= 0.3 is 0 Å². The normalized spacial score (nSPS) is 16.2. The van der Waals surface area contributed by atoms with E-state index < -0.39 is 102 Å². The van der Waals surface area contributed by atoms with Crippen molar-refractivity contribution in [1.82, 2.24) is 51.8 Å². The molecule has 5 aromatic rings. The van der Waals surface area contributed by atoms with Crippen LogP contribution in [0.2, 0.25) is 0 Å². The number of nitrogens with one attached hydrogen (secondary N) is 8. The average Bonchev–Trinajstić information content (AvgIpc) is 4.18. The minimum atomic E-state index is -1.45. The summed E-state index contributed by atoms with van der Waals surface area (Å²) in [7, 11) is 0. The molecule has 2 aromatic heterocycles. The van der Waals surface area contributed by atoms with E-state index in [1.54, 1.807) is 54.7 Å². The Kier molecular flexibility index (Phi) is 20.9. The summed E-state index contributed by atoms with van der Waals surface area (Å²) >= 11 is 0. The number of imidazole rings is 1. The van der Waals surface area contributed by atoms with Crippen molar-refractivity contribution in [3.05, 3.63) is 126 Å². The van der Waals surface area contributed by atoms with Crippen molar-refractivity contribution in [1.29, 1.82) is 0 Å². The maximum absolute atomic E-state index is 14.6. The van der Waals surface area contributed by atoms with Gasteiger partial charge in [-0.15, -0.1) is 0 Å². The number of aliphatic hydroxyl groups is 1. The molecule has 0 aliphatic carbocycles. The maximum Gasteiger partial charge on any atom is 0.246 e. The van der Waals surface area contributed by atoms with Crippen molar-refractivity contribution in [2.45, 2.75) is 141 Å². The van der Waals surface area contributed by atoms with Crippen LogP contribution in [-0.2, 0) is 64.0 Å². The largest absolute Gasteiger partial charge is 0.390 e. The Labute approximate surface area is 442 Å². The summed E-state index contributed by atoms with van der Waals surface area (Å²) in [4.78, 5) is 122. The van der Waals surface area contributed by atoms with E-state index in [0.717, 1.165) is 22.0 Å². The van der Waals surface area contributed by atoms with E-state index in [-0.39, 0.29) is 56.9 Å². The quantitative estimate of drug-likeness (QED) is 0.0366. The average molecular weight is 1040 g/mol. The molecule has 8 amide bonds. The van der Waals surface area contributed by atoms with E-state index in [0.29, 0.717) is 24.1 Å². The molecule has 0 saturated carbocycles. The number of carbonyl (C=O) groups is 8. The number of likely N-dealkylation sites (tertiary alicyclic amines) is 1. The number of nitrogens with zero attached hydrogens (tertiary/aromatic N) is 2. The highest BCUT2D eigenvalue weighted by atomic mass is 16.3. The van der Waals surface area contributed by atoms with Crippen molar-refractivity contribution >= 4 is 58.2 Å². The van der Waals surface area contributed by atoms with Crippen molar-refractivity contribution < 1.29 is 43.5 Å². The van der Waals surface area contributed by atoms with E-state index in [2.05, 4.69) is 46.9 Å². The first-order chi connectivity index (χ1) is 36.3. The van der Waals surface area contributed by atoms with Crippen molar-refractivity contribution in [3.63, 3.8) is 0 Å². The lowest BCUT2D eigenvalue weighted by Crippen LogP contribution is -2.59. The second kappa shape index (κ2) is 27.6. The highest BCUT2D eigenvalue weighted by molar-refractivity contribution is 5.97. The van der Waals surface area contributed by atoms with Crippen LogP contribution in [0.1, 0.15) is 89.1 Å². The summed E-state index contributed by atoms with van der Waals surface area (Å²) in [6.07, 6.45) is 4.21. The number of carbonyl (C=O) groups excluding carboxylic acids is 8. The molecule has 20 nitrogen and oxygen atoms in total. The van der Waals surface area contributed by atoms with Crippen LogP contribution in [0.3, 0.4) is 0 Å². The Morgan fingerprint density at radius 3 is 1.88 bits per heavy atom. The van der Waals surface area contributed by atoms with E-state index >= 15 is 0 Å². The number of para-hydroxylation sites is 1. The zero-order valence-corrected chi connectivity index (χ0v) is 43.8. The first-order valence-corrected chi connectivity index (χ1v) is 26.0. The van der Waals surface area contributed by atoms with Crippen LogP contribution in [0.4, 0.5) is 0 Å². The van der Waals surface area contributed by atoms with E-state index in [1.807, 2.05) is 64.1 Å². The molecule has 8 atom stereocenters. The summed E-state index contributed by atoms with van der Waals surface area (Å²) in [5.41, 5.74) is 9.33. The molecule has 76 heavy (non-hydrogen) atoms. The van der Waals surface area contributed by atoms with Gasteiger partial charge in [0.15, 0.2) is 0 Å². The van der Waals surface area contributed by atoms with Crippen LogP contribution < -0.4 is 37.6 Å². The second-order valence-corrected chi connectivity index (χ2v) is 20.5.